The number of nitriles is 1. The SMILES string of the molecule is CCOc1cc(/C=C(\C#N)C(=O)Nc2cccc(Cl)c2C)c(Br)cc1OCc1ccc(Br)cc1. The average molecular weight is 605 g/mol. The third-order valence-electron chi connectivity index (χ3n) is 4.85. The van der Waals surface area contributed by atoms with Gasteiger partial charge in [-0.1, -0.05) is 61.7 Å². The van der Waals surface area contributed by atoms with Crippen molar-refractivity contribution in [3.63, 3.8) is 0 Å². The largest absolute Gasteiger partial charge is 0.490 e. The zero-order valence-electron chi connectivity index (χ0n) is 18.5. The lowest BCUT2D eigenvalue weighted by molar-refractivity contribution is -0.112. The molecule has 0 unspecified atom stereocenters. The number of nitrogens with zero attached hydrogens (tertiary/aromatic N) is 1. The van der Waals surface area contributed by atoms with E-state index in [0.717, 1.165) is 15.6 Å². The molecule has 3 rings (SSSR count). The maximum Gasteiger partial charge on any atom is 0.266 e. The van der Waals surface area contributed by atoms with Crippen LogP contribution in [0.5, 0.6) is 11.5 Å². The first kappa shape index (κ1) is 25.8. The van der Waals surface area contributed by atoms with Gasteiger partial charge in [-0.25, -0.2) is 0 Å². The molecule has 5 nitrogen and oxygen atoms in total. The van der Waals surface area contributed by atoms with E-state index < -0.39 is 5.91 Å². The summed E-state index contributed by atoms with van der Waals surface area (Å²) in [7, 11) is 0. The standard InChI is InChI=1S/C26H21Br2ClN2O3/c1-3-33-24-12-18(21(28)13-25(24)34-15-17-7-9-20(27)10-8-17)11-19(14-30)26(32)31-23-6-4-5-22(29)16(23)2/h4-13H,3,15H2,1-2H3,(H,31,32)/b19-11+. The molecule has 0 atom stereocenters. The van der Waals surface area contributed by atoms with E-state index in [0.29, 0.717) is 45.5 Å². The molecule has 8 heteroatoms. The monoisotopic (exact) mass is 602 g/mol. The molecule has 3 aromatic rings. The van der Waals surface area contributed by atoms with E-state index in [2.05, 4.69) is 37.2 Å². The van der Waals surface area contributed by atoms with Crippen molar-refractivity contribution in [1.29, 1.82) is 5.26 Å². The zero-order valence-corrected chi connectivity index (χ0v) is 22.4. The van der Waals surface area contributed by atoms with Gasteiger partial charge < -0.3 is 14.8 Å². The summed E-state index contributed by atoms with van der Waals surface area (Å²) in [5.74, 6) is 0.525. The Kier molecular flexibility index (Phi) is 9.17. The molecule has 0 aliphatic rings. The molecule has 0 bridgehead atoms. The van der Waals surface area contributed by atoms with Crippen LogP contribution in [0.25, 0.3) is 6.08 Å². The Hall–Kier alpha value is -2.79. The van der Waals surface area contributed by atoms with Crippen molar-refractivity contribution in [2.45, 2.75) is 20.5 Å². The molecule has 0 radical (unpaired) electrons. The Bertz CT molecular complexity index is 1270. The summed E-state index contributed by atoms with van der Waals surface area (Å²) in [6.45, 7) is 4.46. The first-order chi connectivity index (χ1) is 16.3. The molecule has 0 fully saturated rings. The highest BCUT2D eigenvalue weighted by Crippen LogP contribution is 2.35. The molecule has 0 aliphatic carbocycles. The van der Waals surface area contributed by atoms with E-state index in [9.17, 15) is 10.1 Å². The molecule has 3 aromatic carbocycles. The highest BCUT2D eigenvalue weighted by Gasteiger charge is 2.15. The fourth-order valence-corrected chi connectivity index (χ4v) is 3.90. The minimum atomic E-state index is -0.534. The number of amides is 1. The Morgan fingerprint density at radius 1 is 1.12 bits per heavy atom. The van der Waals surface area contributed by atoms with Crippen LogP contribution in [0, 0.1) is 18.3 Å². The van der Waals surface area contributed by atoms with E-state index in [1.165, 1.54) is 6.08 Å². The summed E-state index contributed by atoms with van der Waals surface area (Å²) < 4.78 is 13.4. The Labute approximate surface area is 220 Å². The minimum Gasteiger partial charge on any atom is -0.490 e. The van der Waals surface area contributed by atoms with E-state index in [1.54, 1.807) is 37.3 Å². The van der Waals surface area contributed by atoms with Crippen molar-refractivity contribution in [3.8, 4) is 17.6 Å². The van der Waals surface area contributed by atoms with Crippen LogP contribution in [0.2, 0.25) is 5.02 Å². The smallest absolute Gasteiger partial charge is 0.266 e. The summed E-state index contributed by atoms with van der Waals surface area (Å²) >= 11 is 13.1. The van der Waals surface area contributed by atoms with Gasteiger partial charge in [-0.2, -0.15) is 5.26 Å². The number of carbonyl (C=O) groups is 1. The highest BCUT2D eigenvalue weighted by atomic mass is 79.9. The Balaban J connectivity index is 1.86. The predicted molar refractivity (Wildman–Crippen MR) is 142 cm³/mol. The van der Waals surface area contributed by atoms with Crippen LogP contribution >= 0.6 is 43.5 Å². The predicted octanol–water partition coefficient (Wildman–Crippen LogP) is 7.70. The van der Waals surface area contributed by atoms with Crippen molar-refractivity contribution < 1.29 is 14.3 Å². The first-order valence-electron chi connectivity index (χ1n) is 10.3. The maximum absolute atomic E-state index is 12.8. The van der Waals surface area contributed by atoms with Crippen molar-refractivity contribution in [1.82, 2.24) is 0 Å². The van der Waals surface area contributed by atoms with Gasteiger partial charge in [0.15, 0.2) is 11.5 Å². The van der Waals surface area contributed by atoms with Gasteiger partial charge in [0.25, 0.3) is 5.91 Å². The van der Waals surface area contributed by atoms with Crippen molar-refractivity contribution in [3.05, 3.63) is 90.8 Å². The van der Waals surface area contributed by atoms with Crippen molar-refractivity contribution >= 4 is 61.1 Å². The summed E-state index contributed by atoms with van der Waals surface area (Å²) in [5.41, 5.74) is 2.82. The van der Waals surface area contributed by atoms with Gasteiger partial charge in [0.1, 0.15) is 18.2 Å². The van der Waals surface area contributed by atoms with Crippen molar-refractivity contribution in [2.75, 3.05) is 11.9 Å². The zero-order chi connectivity index (χ0) is 24.7. The average Bonchev–Trinajstić information content (AvgIpc) is 2.82. The molecular weight excluding hydrogens is 584 g/mol. The summed E-state index contributed by atoms with van der Waals surface area (Å²) in [6, 6.07) is 18.5. The van der Waals surface area contributed by atoms with Gasteiger partial charge in [-0.05, 0) is 73.0 Å². The van der Waals surface area contributed by atoms with Gasteiger partial charge in [0, 0.05) is 19.7 Å². The molecule has 0 aliphatic heterocycles. The van der Waals surface area contributed by atoms with Crippen LogP contribution in [0.3, 0.4) is 0 Å². The Morgan fingerprint density at radius 2 is 1.82 bits per heavy atom. The summed E-state index contributed by atoms with van der Waals surface area (Å²) in [4.78, 5) is 12.8. The second kappa shape index (κ2) is 12.1. The number of rotatable bonds is 8. The molecule has 34 heavy (non-hydrogen) atoms. The van der Waals surface area contributed by atoms with Crippen LogP contribution in [-0.2, 0) is 11.4 Å². The molecular formula is C26H21Br2ClN2O3. The molecule has 0 spiro atoms. The lowest BCUT2D eigenvalue weighted by Crippen LogP contribution is -2.14. The number of ether oxygens (including phenoxy) is 2. The summed E-state index contributed by atoms with van der Waals surface area (Å²) in [6.07, 6.45) is 1.50. The lowest BCUT2D eigenvalue weighted by atomic mass is 10.1. The van der Waals surface area contributed by atoms with Crippen LogP contribution < -0.4 is 14.8 Å². The topological polar surface area (TPSA) is 71.3 Å². The van der Waals surface area contributed by atoms with E-state index in [1.807, 2.05) is 37.3 Å². The molecule has 0 saturated heterocycles. The summed E-state index contributed by atoms with van der Waals surface area (Å²) in [5, 5.41) is 12.9. The van der Waals surface area contributed by atoms with Gasteiger partial charge in [0.05, 0.1) is 6.61 Å². The van der Waals surface area contributed by atoms with Crippen LogP contribution in [0.15, 0.2) is 69.1 Å². The lowest BCUT2D eigenvalue weighted by Gasteiger charge is -2.14. The molecule has 0 heterocycles. The Morgan fingerprint density at radius 3 is 2.50 bits per heavy atom. The molecule has 1 N–H and O–H groups in total. The minimum absolute atomic E-state index is 0.0638. The number of anilines is 1. The molecule has 0 aromatic heterocycles. The first-order valence-corrected chi connectivity index (χ1v) is 12.3. The molecule has 1 amide bonds. The van der Waals surface area contributed by atoms with E-state index >= 15 is 0 Å². The van der Waals surface area contributed by atoms with Crippen molar-refractivity contribution in [2.24, 2.45) is 0 Å². The molecule has 174 valence electrons. The number of nitrogens with one attached hydrogen (secondary N) is 1. The normalized spacial score (nSPS) is 11.0. The fraction of sp³-hybridized carbons (Fsp3) is 0.154. The van der Waals surface area contributed by atoms with E-state index in [4.69, 9.17) is 21.1 Å². The maximum atomic E-state index is 12.8. The third kappa shape index (κ3) is 6.63. The number of benzene rings is 3. The second-order valence-corrected chi connectivity index (χ2v) is 9.38. The molecule has 0 saturated carbocycles. The van der Waals surface area contributed by atoms with Gasteiger partial charge >= 0.3 is 0 Å². The second-order valence-electron chi connectivity index (χ2n) is 7.20. The van der Waals surface area contributed by atoms with Crippen LogP contribution in [-0.4, -0.2) is 12.5 Å². The van der Waals surface area contributed by atoms with Gasteiger partial charge in [-0.15, -0.1) is 0 Å². The van der Waals surface area contributed by atoms with Gasteiger partial charge in [-0.3, -0.25) is 4.79 Å². The fourth-order valence-electron chi connectivity index (χ4n) is 3.02. The van der Waals surface area contributed by atoms with Gasteiger partial charge in [0.2, 0.25) is 0 Å². The van der Waals surface area contributed by atoms with E-state index in [-0.39, 0.29) is 5.57 Å². The third-order valence-corrected chi connectivity index (χ3v) is 6.48. The number of carbonyl (C=O) groups excluding carboxylic acids is 1. The number of hydrogen-bond acceptors (Lipinski definition) is 4. The van der Waals surface area contributed by atoms with Crippen LogP contribution in [0.1, 0.15) is 23.6 Å². The number of halogens is 3. The van der Waals surface area contributed by atoms with Crippen LogP contribution in [0.4, 0.5) is 5.69 Å². The quantitative estimate of drug-likeness (QED) is 0.211. The number of hydrogen-bond donors (Lipinski definition) is 1. The highest BCUT2D eigenvalue weighted by molar-refractivity contribution is 9.10.